The molecular weight excluding hydrogens is 746 g/mol. The minimum Gasteiger partial charge on any atom is -1.00 e. The molecule has 2 atom stereocenters. The standard InChI is InChI=1S/C15H10BrOS.C15H12BrO.2ClH.Zr/c1-7-3-9-10(4-7)15(16)11-5-14(9)18-13-6-12(11)17-8(13)2;1-9-7-11-4-5-12(15(16)13(11)8-9)14-6-3-10(2)17-14;;;/h3-6H,1-2H3;3-8H,1-2H3;2*1H;/q;;;;+2/p-2. The Bertz CT molecular complexity index is 1680. The third-order valence-electron chi connectivity index (χ3n) is 7.46. The minimum atomic E-state index is -1.01. The van der Waals surface area contributed by atoms with Crippen LogP contribution in [0.5, 0.6) is 0 Å². The molecule has 0 saturated heterocycles. The van der Waals surface area contributed by atoms with Gasteiger partial charge in [0.1, 0.15) is 0 Å². The fraction of sp³-hybridized carbons (Fsp3) is 0.200. The second-order valence-corrected chi connectivity index (χ2v) is 16.2. The molecule has 7 rings (SSSR count). The molecule has 2 aliphatic carbocycles. The summed E-state index contributed by atoms with van der Waals surface area (Å²) in [5, 5.41) is 0. The normalized spacial score (nSPS) is 17.9. The first-order valence-electron chi connectivity index (χ1n) is 12.0. The molecule has 0 fully saturated rings. The van der Waals surface area contributed by atoms with Gasteiger partial charge in [-0.1, -0.05) is 0 Å². The van der Waals surface area contributed by atoms with Crippen LogP contribution in [0.2, 0.25) is 0 Å². The van der Waals surface area contributed by atoms with Gasteiger partial charge in [-0.05, 0) is 0 Å². The summed E-state index contributed by atoms with van der Waals surface area (Å²) < 4.78 is 15.5. The molecule has 4 aromatic rings. The summed E-state index contributed by atoms with van der Waals surface area (Å²) in [6, 6.07) is 13.1. The molecule has 192 valence electrons. The van der Waals surface area contributed by atoms with Gasteiger partial charge < -0.3 is 24.8 Å². The molecule has 3 heterocycles. The van der Waals surface area contributed by atoms with Crippen molar-refractivity contribution < 1.29 is 56.9 Å². The molecule has 8 heteroatoms. The smallest absolute Gasteiger partial charge is 1.00 e. The summed E-state index contributed by atoms with van der Waals surface area (Å²) in [6.07, 6.45) is 4.84. The monoisotopic (exact) mass is 764 g/mol. The van der Waals surface area contributed by atoms with Crippen molar-refractivity contribution in [3.8, 4) is 22.6 Å². The summed E-state index contributed by atoms with van der Waals surface area (Å²) >= 11 is 8.90. The zero-order valence-electron chi connectivity index (χ0n) is 21.0. The molecular formula is C30H22Br2Cl2O2SZr. The van der Waals surface area contributed by atoms with Crippen molar-refractivity contribution in [2.45, 2.75) is 44.7 Å². The second kappa shape index (κ2) is 10.6. The number of benzene rings is 2. The van der Waals surface area contributed by atoms with Gasteiger partial charge in [0.05, 0.1) is 0 Å². The zero-order valence-corrected chi connectivity index (χ0v) is 29.0. The number of hydrogen-bond acceptors (Lipinski definition) is 3. The van der Waals surface area contributed by atoms with E-state index in [9.17, 15) is 0 Å². The fourth-order valence-electron chi connectivity index (χ4n) is 5.67. The van der Waals surface area contributed by atoms with Crippen LogP contribution >= 0.6 is 43.6 Å². The van der Waals surface area contributed by atoms with E-state index in [2.05, 4.69) is 95.1 Å². The van der Waals surface area contributed by atoms with Crippen LogP contribution in [-0.4, -0.2) is 0 Å². The van der Waals surface area contributed by atoms with E-state index in [1.807, 2.05) is 24.8 Å². The molecule has 2 unspecified atom stereocenters. The topological polar surface area (TPSA) is 26.3 Å². The van der Waals surface area contributed by atoms with Gasteiger partial charge in [-0.2, -0.15) is 0 Å². The number of allylic oxidation sites excluding steroid dienone is 2. The number of fused-ring (bicyclic) bond motifs is 8. The van der Waals surface area contributed by atoms with E-state index in [0.29, 0.717) is 7.25 Å². The summed E-state index contributed by atoms with van der Waals surface area (Å²) in [6.45, 7) is 8.71. The minimum absolute atomic E-state index is 0. The average molecular weight is 769 g/mol. The molecule has 1 aliphatic heterocycles. The van der Waals surface area contributed by atoms with E-state index in [-0.39, 0.29) is 24.8 Å². The van der Waals surface area contributed by atoms with E-state index in [1.165, 1.54) is 57.7 Å². The Hall–Kier alpha value is -0.747. The van der Waals surface area contributed by atoms with Crippen molar-refractivity contribution in [2.24, 2.45) is 0 Å². The second-order valence-electron chi connectivity index (χ2n) is 9.85. The molecule has 0 spiro atoms. The van der Waals surface area contributed by atoms with Gasteiger partial charge in [0, 0.05) is 0 Å². The largest absolute Gasteiger partial charge is 1.00 e. The molecule has 0 radical (unpaired) electrons. The molecule has 2 aromatic carbocycles. The number of aryl methyl sites for hydroxylation is 2. The van der Waals surface area contributed by atoms with Crippen molar-refractivity contribution >= 4 is 55.8 Å². The van der Waals surface area contributed by atoms with Crippen LogP contribution < -0.4 is 24.8 Å². The van der Waals surface area contributed by atoms with E-state index in [1.54, 1.807) is 0 Å². The Labute approximate surface area is 267 Å². The molecule has 0 N–H and O–H groups in total. The number of furan rings is 2. The molecule has 0 amide bonds. The van der Waals surface area contributed by atoms with E-state index in [4.69, 9.17) is 8.83 Å². The Morgan fingerprint density at radius 1 is 0.737 bits per heavy atom. The number of hydrogen-bond donors (Lipinski definition) is 0. The predicted molar refractivity (Wildman–Crippen MR) is 150 cm³/mol. The van der Waals surface area contributed by atoms with Crippen LogP contribution in [0.4, 0.5) is 0 Å². The third-order valence-corrected chi connectivity index (χ3v) is 15.6. The Balaban J connectivity index is 0.00000147. The molecule has 3 aliphatic rings. The SMILES string of the molecule is CC1=Cc2ccc(-c3ccc(C)o3)c(Br)c2[CH]1[Zr+2][CH]1C(C)=Cc2c3cc(c(Br)c21)-c1cc(c(C)o1)S3.[Cl-].[Cl-]. The van der Waals surface area contributed by atoms with Crippen molar-refractivity contribution in [3.05, 3.63) is 90.3 Å². The van der Waals surface area contributed by atoms with Crippen LogP contribution in [0, 0.1) is 13.8 Å². The van der Waals surface area contributed by atoms with Gasteiger partial charge in [-0.15, -0.1) is 0 Å². The average Bonchev–Trinajstić information content (AvgIpc) is 3.55. The maximum absolute atomic E-state index is 6.14. The maximum Gasteiger partial charge on any atom is -1.00 e. The number of rotatable bonds is 3. The van der Waals surface area contributed by atoms with Crippen molar-refractivity contribution in [2.75, 3.05) is 0 Å². The van der Waals surface area contributed by atoms with Gasteiger partial charge in [0.15, 0.2) is 0 Å². The van der Waals surface area contributed by atoms with Crippen LogP contribution in [-0.2, 0) is 23.2 Å². The summed E-state index contributed by atoms with van der Waals surface area (Å²) in [5.41, 5.74) is 11.0. The van der Waals surface area contributed by atoms with Crippen LogP contribution in [0.15, 0.2) is 75.1 Å². The third kappa shape index (κ3) is 4.37. The van der Waals surface area contributed by atoms with Gasteiger partial charge >= 0.3 is 245 Å². The van der Waals surface area contributed by atoms with Gasteiger partial charge in [0.2, 0.25) is 0 Å². The van der Waals surface area contributed by atoms with Crippen LogP contribution in [0.1, 0.15) is 54.9 Å². The molecule has 2 nitrogen and oxygen atoms in total. The summed E-state index contributed by atoms with van der Waals surface area (Å²) in [5.74, 6) is 3.84. The van der Waals surface area contributed by atoms with Crippen molar-refractivity contribution in [1.29, 1.82) is 0 Å². The van der Waals surface area contributed by atoms with E-state index in [0.717, 1.165) is 28.6 Å². The number of halogens is 4. The van der Waals surface area contributed by atoms with Crippen LogP contribution in [0.25, 0.3) is 34.8 Å². The van der Waals surface area contributed by atoms with E-state index < -0.39 is 23.2 Å². The van der Waals surface area contributed by atoms with Crippen molar-refractivity contribution in [1.82, 2.24) is 0 Å². The molecule has 2 aromatic heterocycles. The Kier molecular flexibility index (Phi) is 8.01. The van der Waals surface area contributed by atoms with Gasteiger partial charge in [-0.25, -0.2) is 0 Å². The first-order valence-corrected chi connectivity index (χ1v) is 17.2. The van der Waals surface area contributed by atoms with E-state index >= 15 is 0 Å². The Morgan fingerprint density at radius 2 is 1.45 bits per heavy atom. The fourth-order valence-corrected chi connectivity index (χ4v) is 14.1. The Morgan fingerprint density at radius 3 is 2.18 bits per heavy atom. The van der Waals surface area contributed by atoms with Crippen LogP contribution in [0.3, 0.4) is 0 Å². The van der Waals surface area contributed by atoms with Gasteiger partial charge in [-0.3, -0.25) is 0 Å². The predicted octanol–water partition coefficient (Wildman–Crippen LogP) is 4.52. The quantitative estimate of drug-likeness (QED) is 0.271. The molecule has 38 heavy (non-hydrogen) atoms. The maximum atomic E-state index is 6.14. The van der Waals surface area contributed by atoms with Gasteiger partial charge in [0.25, 0.3) is 0 Å². The first kappa shape index (κ1) is 28.8. The molecule has 4 bridgehead atoms. The first-order chi connectivity index (χ1) is 17.3. The summed E-state index contributed by atoms with van der Waals surface area (Å²) in [7, 11) is 0. The summed E-state index contributed by atoms with van der Waals surface area (Å²) in [4.78, 5) is 2.58. The molecule has 0 saturated carbocycles. The van der Waals surface area contributed by atoms with Crippen molar-refractivity contribution in [3.63, 3.8) is 0 Å². The zero-order chi connectivity index (χ0) is 24.9.